The number of unbranched alkanes of at least 4 members (excludes halogenated alkanes) is 1. The highest BCUT2D eigenvalue weighted by Gasteiger charge is 2.07. The summed E-state index contributed by atoms with van der Waals surface area (Å²) in [7, 11) is 0. The molecule has 1 rings (SSSR count). The smallest absolute Gasteiger partial charge is 0.304 e. The minimum absolute atomic E-state index is 0.211. The van der Waals surface area contributed by atoms with Gasteiger partial charge in [-0.1, -0.05) is 25.5 Å². The molecule has 0 heterocycles. The summed E-state index contributed by atoms with van der Waals surface area (Å²) >= 11 is 0. The number of rotatable bonds is 11. The van der Waals surface area contributed by atoms with E-state index >= 15 is 0 Å². The number of ether oxygens (including phenoxy) is 1. The van der Waals surface area contributed by atoms with Gasteiger partial charge in [0.1, 0.15) is 5.75 Å². The van der Waals surface area contributed by atoms with Gasteiger partial charge in [0.05, 0.1) is 13.0 Å². The van der Waals surface area contributed by atoms with E-state index in [4.69, 9.17) is 9.84 Å². The Kier molecular flexibility index (Phi) is 8.51. The van der Waals surface area contributed by atoms with Crippen LogP contribution in [-0.4, -0.2) is 42.2 Å². The molecule has 0 aliphatic heterocycles. The van der Waals surface area contributed by atoms with Crippen molar-refractivity contribution in [2.75, 3.05) is 26.2 Å². The Bertz CT molecular complexity index is 420. The van der Waals surface area contributed by atoms with Crippen molar-refractivity contribution in [2.24, 2.45) is 0 Å². The third-order valence-electron chi connectivity index (χ3n) is 3.35. The van der Waals surface area contributed by atoms with Gasteiger partial charge in [0.2, 0.25) is 0 Å². The number of carbonyl (C=O) groups is 1. The lowest BCUT2D eigenvalue weighted by Gasteiger charge is -2.21. The van der Waals surface area contributed by atoms with Gasteiger partial charge < -0.3 is 14.7 Å². The van der Waals surface area contributed by atoms with Crippen molar-refractivity contribution >= 4 is 5.97 Å². The SMILES string of the molecule is CCCCN(CCCOc1cccc(C)c1)CCC(=O)O. The molecule has 4 nitrogen and oxygen atoms in total. The third kappa shape index (κ3) is 8.35. The first-order valence-corrected chi connectivity index (χ1v) is 7.75. The van der Waals surface area contributed by atoms with Gasteiger partial charge in [0.15, 0.2) is 0 Å². The van der Waals surface area contributed by atoms with E-state index in [0.717, 1.165) is 38.1 Å². The van der Waals surface area contributed by atoms with Crippen LogP contribution in [0.15, 0.2) is 24.3 Å². The normalized spacial score (nSPS) is 10.8. The molecule has 21 heavy (non-hydrogen) atoms. The Morgan fingerprint density at radius 1 is 1.24 bits per heavy atom. The van der Waals surface area contributed by atoms with Crippen molar-refractivity contribution in [1.29, 1.82) is 0 Å². The summed E-state index contributed by atoms with van der Waals surface area (Å²) in [5, 5.41) is 8.78. The number of nitrogens with zero attached hydrogens (tertiary/aromatic N) is 1. The number of hydrogen-bond donors (Lipinski definition) is 1. The number of hydrogen-bond acceptors (Lipinski definition) is 3. The van der Waals surface area contributed by atoms with Gasteiger partial charge >= 0.3 is 5.97 Å². The maximum absolute atomic E-state index is 10.7. The van der Waals surface area contributed by atoms with Crippen molar-refractivity contribution in [3.63, 3.8) is 0 Å². The van der Waals surface area contributed by atoms with E-state index in [1.165, 1.54) is 5.56 Å². The molecule has 1 aromatic rings. The van der Waals surface area contributed by atoms with Crippen LogP contribution in [0, 0.1) is 6.92 Å². The molecule has 0 saturated heterocycles. The topological polar surface area (TPSA) is 49.8 Å². The van der Waals surface area contributed by atoms with E-state index in [1.807, 2.05) is 31.2 Å². The van der Waals surface area contributed by atoms with Crippen LogP contribution >= 0.6 is 0 Å². The summed E-state index contributed by atoms with van der Waals surface area (Å²) in [6, 6.07) is 8.03. The first kappa shape index (κ1) is 17.5. The fraction of sp³-hybridized carbons (Fsp3) is 0.588. The van der Waals surface area contributed by atoms with Crippen molar-refractivity contribution in [1.82, 2.24) is 4.90 Å². The van der Waals surface area contributed by atoms with E-state index < -0.39 is 5.97 Å². The lowest BCUT2D eigenvalue weighted by atomic mass is 10.2. The summed E-state index contributed by atoms with van der Waals surface area (Å²) in [5.74, 6) is 0.174. The third-order valence-corrected chi connectivity index (χ3v) is 3.35. The van der Waals surface area contributed by atoms with E-state index in [2.05, 4.69) is 11.8 Å². The molecule has 1 N–H and O–H groups in total. The molecule has 1 aromatic carbocycles. The summed E-state index contributed by atoms with van der Waals surface area (Å²) in [4.78, 5) is 12.9. The van der Waals surface area contributed by atoms with E-state index in [1.54, 1.807) is 0 Å². The zero-order chi connectivity index (χ0) is 15.5. The highest BCUT2D eigenvalue weighted by molar-refractivity contribution is 5.66. The second kappa shape index (κ2) is 10.2. The second-order valence-corrected chi connectivity index (χ2v) is 5.36. The Labute approximate surface area is 127 Å². The predicted molar refractivity (Wildman–Crippen MR) is 84.9 cm³/mol. The second-order valence-electron chi connectivity index (χ2n) is 5.36. The molecule has 0 aliphatic rings. The van der Waals surface area contributed by atoms with Crippen LogP contribution in [0.25, 0.3) is 0 Å². The first-order valence-electron chi connectivity index (χ1n) is 7.75. The number of carboxylic acids is 1. The first-order chi connectivity index (χ1) is 10.1. The average Bonchev–Trinajstić information content (AvgIpc) is 2.45. The molecule has 0 aromatic heterocycles. The summed E-state index contributed by atoms with van der Waals surface area (Å²) < 4.78 is 5.72. The number of aliphatic carboxylic acids is 1. The molecule has 4 heteroatoms. The van der Waals surface area contributed by atoms with Gasteiger partial charge in [0, 0.05) is 13.1 Å². The largest absolute Gasteiger partial charge is 0.494 e. The summed E-state index contributed by atoms with van der Waals surface area (Å²) in [6.07, 6.45) is 3.36. The lowest BCUT2D eigenvalue weighted by molar-refractivity contribution is -0.137. The molecule has 0 bridgehead atoms. The Morgan fingerprint density at radius 2 is 2.00 bits per heavy atom. The predicted octanol–water partition coefficient (Wildman–Crippen LogP) is 3.34. The maximum atomic E-state index is 10.7. The number of aryl methyl sites for hydroxylation is 1. The van der Waals surface area contributed by atoms with Gasteiger partial charge in [-0.05, 0) is 44.0 Å². The molecular formula is C17H27NO3. The summed E-state index contributed by atoms with van der Waals surface area (Å²) in [6.45, 7) is 7.34. The molecule has 0 unspecified atom stereocenters. The fourth-order valence-electron chi connectivity index (χ4n) is 2.15. The number of benzene rings is 1. The summed E-state index contributed by atoms with van der Waals surface area (Å²) in [5.41, 5.74) is 1.19. The molecular weight excluding hydrogens is 266 g/mol. The Morgan fingerprint density at radius 3 is 2.67 bits per heavy atom. The van der Waals surface area contributed by atoms with Gasteiger partial charge in [-0.3, -0.25) is 4.79 Å². The van der Waals surface area contributed by atoms with Crippen LogP contribution in [0.2, 0.25) is 0 Å². The average molecular weight is 293 g/mol. The lowest BCUT2D eigenvalue weighted by Crippen LogP contribution is -2.29. The number of carboxylic acid groups (broad SMARTS) is 1. The van der Waals surface area contributed by atoms with Crippen LogP contribution in [0.4, 0.5) is 0 Å². The zero-order valence-electron chi connectivity index (χ0n) is 13.2. The van der Waals surface area contributed by atoms with Crippen molar-refractivity contribution < 1.29 is 14.6 Å². The quantitative estimate of drug-likeness (QED) is 0.636. The van der Waals surface area contributed by atoms with Crippen molar-refractivity contribution in [3.05, 3.63) is 29.8 Å². The van der Waals surface area contributed by atoms with Gasteiger partial charge in [-0.2, -0.15) is 0 Å². The maximum Gasteiger partial charge on any atom is 0.304 e. The molecule has 118 valence electrons. The monoisotopic (exact) mass is 293 g/mol. The molecule has 0 atom stereocenters. The highest BCUT2D eigenvalue weighted by atomic mass is 16.5. The minimum Gasteiger partial charge on any atom is -0.494 e. The van der Waals surface area contributed by atoms with Gasteiger partial charge in [-0.25, -0.2) is 0 Å². The van der Waals surface area contributed by atoms with E-state index in [0.29, 0.717) is 13.2 Å². The molecule has 0 spiro atoms. The van der Waals surface area contributed by atoms with Crippen molar-refractivity contribution in [3.8, 4) is 5.75 Å². The minimum atomic E-state index is -0.729. The Hall–Kier alpha value is -1.55. The van der Waals surface area contributed by atoms with E-state index in [9.17, 15) is 4.79 Å². The van der Waals surface area contributed by atoms with Crippen LogP contribution in [0.3, 0.4) is 0 Å². The standard InChI is InChI=1S/C17H27NO3/c1-3-4-10-18(12-9-17(19)20)11-6-13-21-16-8-5-7-15(2)14-16/h5,7-8,14H,3-4,6,9-13H2,1-2H3,(H,19,20). The molecule has 0 radical (unpaired) electrons. The molecule has 0 aliphatic carbocycles. The van der Waals surface area contributed by atoms with Crippen LogP contribution in [-0.2, 0) is 4.79 Å². The van der Waals surface area contributed by atoms with Crippen LogP contribution in [0.5, 0.6) is 5.75 Å². The highest BCUT2D eigenvalue weighted by Crippen LogP contribution is 2.12. The van der Waals surface area contributed by atoms with Crippen LogP contribution in [0.1, 0.15) is 38.2 Å². The molecule has 0 fully saturated rings. The molecule has 0 amide bonds. The van der Waals surface area contributed by atoms with Gasteiger partial charge in [-0.15, -0.1) is 0 Å². The molecule has 0 saturated carbocycles. The Balaban J connectivity index is 2.26. The van der Waals surface area contributed by atoms with Crippen LogP contribution < -0.4 is 4.74 Å². The van der Waals surface area contributed by atoms with Gasteiger partial charge in [0.25, 0.3) is 0 Å². The van der Waals surface area contributed by atoms with Crippen molar-refractivity contribution in [2.45, 2.75) is 39.5 Å². The fourth-order valence-corrected chi connectivity index (χ4v) is 2.15. The zero-order valence-corrected chi connectivity index (χ0v) is 13.2. The van der Waals surface area contributed by atoms with E-state index in [-0.39, 0.29) is 6.42 Å².